The minimum Gasteiger partial charge on any atom is -0.465 e. The second-order valence-corrected chi connectivity index (χ2v) is 11.3. The molecule has 0 radical (unpaired) electrons. The molecule has 216 valence electrons. The molecule has 0 saturated heterocycles. The molecule has 0 fully saturated rings. The maximum atomic E-state index is 13.1. The lowest BCUT2D eigenvalue weighted by Crippen LogP contribution is -2.40. The average molecular weight is 521 g/mol. The minimum absolute atomic E-state index is 0.399. The summed E-state index contributed by atoms with van der Waals surface area (Å²) in [7, 11) is 0. The van der Waals surface area contributed by atoms with Crippen LogP contribution in [0.15, 0.2) is 12.2 Å². The van der Waals surface area contributed by atoms with E-state index < -0.39 is 17.4 Å². The predicted octanol–water partition coefficient (Wildman–Crippen LogP) is 10.0. The zero-order valence-electron chi connectivity index (χ0n) is 24.7. The normalized spacial score (nSPS) is 14.9. The molecule has 0 amide bonds. The van der Waals surface area contributed by atoms with Gasteiger partial charge in [-0.1, -0.05) is 148 Å². The molecule has 0 N–H and O–H groups in total. The fourth-order valence-electron chi connectivity index (χ4n) is 5.22. The first-order valence-corrected chi connectivity index (χ1v) is 16.2. The highest BCUT2D eigenvalue weighted by Gasteiger charge is 2.46. The molecule has 0 aromatic rings. The summed E-state index contributed by atoms with van der Waals surface area (Å²) in [4.78, 5) is 26.2. The van der Waals surface area contributed by atoms with Gasteiger partial charge in [0.05, 0.1) is 13.2 Å². The Kier molecular flexibility index (Phi) is 21.7. The van der Waals surface area contributed by atoms with Crippen LogP contribution in [0.25, 0.3) is 0 Å². The topological polar surface area (TPSA) is 52.6 Å². The van der Waals surface area contributed by atoms with Crippen LogP contribution in [0.4, 0.5) is 0 Å². The lowest BCUT2D eigenvalue weighted by Gasteiger charge is -2.25. The van der Waals surface area contributed by atoms with E-state index in [9.17, 15) is 9.59 Å². The Morgan fingerprint density at radius 3 is 1.35 bits per heavy atom. The summed E-state index contributed by atoms with van der Waals surface area (Å²) < 4.78 is 11.3. The first kappa shape index (κ1) is 33.7. The van der Waals surface area contributed by atoms with E-state index in [-0.39, 0.29) is 0 Å². The lowest BCUT2D eigenvalue weighted by atomic mass is 9.83. The molecule has 37 heavy (non-hydrogen) atoms. The van der Waals surface area contributed by atoms with Gasteiger partial charge < -0.3 is 9.47 Å². The smallest absolute Gasteiger partial charge is 0.327 e. The van der Waals surface area contributed by atoms with E-state index in [2.05, 4.69) is 13.8 Å². The molecule has 0 atom stereocenters. The Morgan fingerprint density at radius 2 is 0.946 bits per heavy atom. The van der Waals surface area contributed by atoms with Gasteiger partial charge >= 0.3 is 11.9 Å². The number of carbonyl (C=O) groups is 2. The molecule has 0 unspecified atom stereocenters. The van der Waals surface area contributed by atoms with E-state index in [4.69, 9.17) is 9.47 Å². The molecule has 0 aromatic heterocycles. The van der Waals surface area contributed by atoms with Crippen molar-refractivity contribution in [1.82, 2.24) is 0 Å². The number of ether oxygens (including phenoxy) is 2. The van der Waals surface area contributed by atoms with Gasteiger partial charge in [0.2, 0.25) is 0 Å². The summed E-state index contributed by atoms with van der Waals surface area (Å²) in [5.74, 6) is -0.815. The van der Waals surface area contributed by atoms with Crippen LogP contribution >= 0.6 is 0 Å². The number of esters is 2. The van der Waals surface area contributed by atoms with Gasteiger partial charge in [-0.3, -0.25) is 9.59 Å². The Balaban J connectivity index is 2.25. The van der Waals surface area contributed by atoms with Crippen molar-refractivity contribution < 1.29 is 19.1 Å². The van der Waals surface area contributed by atoms with Gasteiger partial charge in [-0.2, -0.15) is 0 Å². The van der Waals surface area contributed by atoms with Crippen molar-refractivity contribution in [2.24, 2.45) is 5.41 Å². The van der Waals surface area contributed by atoms with E-state index in [0.29, 0.717) is 19.6 Å². The fourth-order valence-corrected chi connectivity index (χ4v) is 5.22. The lowest BCUT2D eigenvalue weighted by molar-refractivity contribution is -0.169. The van der Waals surface area contributed by atoms with Gasteiger partial charge in [0.1, 0.15) is 0 Å². The quantitative estimate of drug-likeness (QED) is 0.0550. The molecule has 0 aromatic carbocycles. The number of rotatable bonds is 24. The number of allylic oxidation sites excluding steroid dienone is 1. The fraction of sp³-hybridized carbons (Fsp3) is 0.879. The predicted molar refractivity (Wildman–Crippen MR) is 156 cm³/mol. The van der Waals surface area contributed by atoms with Crippen LogP contribution in [0.1, 0.15) is 168 Å². The van der Waals surface area contributed by atoms with Crippen molar-refractivity contribution in [3.63, 3.8) is 0 Å². The first-order chi connectivity index (χ1) is 18.2. The van der Waals surface area contributed by atoms with Crippen molar-refractivity contribution in [3.05, 3.63) is 12.2 Å². The largest absolute Gasteiger partial charge is 0.465 e. The molecule has 1 aliphatic rings. The summed E-state index contributed by atoms with van der Waals surface area (Å²) in [6, 6.07) is 0. The van der Waals surface area contributed by atoms with Gasteiger partial charge in [0, 0.05) is 0 Å². The van der Waals surface area contributed by atoms with E-state index in [0.717, 1.165) is 44.9 Å². The molecule has 4 heteroatoms. The molecule has 0 aliphatic heterocycles. The maximum Gasteiger partial charge on any atom is 0.327 e. The Morgan fingerprint density at radius 1 is 0.568 bits per heavy atom. The Bertz CT molecular complexity index is 545. The number of hydrogen-bond donors (Lipinski definition) is 0. The molecular weight excluding hydrogens is 460 g/mol. The highest BCUT2D eigenvalue weighted by atomic mass is 16.6. The van der Waals surface area contributed by atoms with E-state index in [1.165, 1.54) is 103 Å². The van der Waals surface area contributed by atoms with Crippen LogP contribution < -0.4 is 0 Å². The molecule has 0 spiro atoms. The van der Waals surface area contributed by atoms with Gasteiger partial charge in [0.25, 0.3) is 0 Å². The average Bonchev–Trinajstić information content (AvgIpc) is 3.17. The third-order valence-electron chi connectivity index (χ3n) is 7.78. The van der Waals surface area contributed by atoms with Crippen LogP contribution in [0.2, 0.25) is 0 Å². The second kappa shape index (κ2) is 23.8. The first-order valence-electron chi connectivity index (χ1n) is 16.2. The van der Waals surface area contributed by atoms with Gasteiger partial charge in [-0.05, 0) is 32.1 Å². The Hall–Kier alpha value is -1.32. The number of hydrogen-bond acceptors (Lipinski definition) is 4. The molecular formula is C33H60O4. The summed E-state index contributed by atoms with van der Waals surface area (Å²) in [6.45, 7) is 5.30. The van der Waals surface area contributed by atoms with Crippen molar-refractivity contribution >= 4 is 11.9 Å². The van der Waals surface area contributed by atoms with Crippen molar-refractivity contribution in [2.75, 3.05) is 13.2 Å². The summed E-state index contributed by atoms with van der Waals surface area (Å²) >= 11 is 0. The van der Waals surface area contributed by atoms with Crippen molar-refractivity contribution in [3.8, 4) is 0 Å². The maximum absolute atomic E-state index is 13.1. The summed E-state index contributed by atoms with van der Waals surface area (Å²) in [5, 5.41) is 0. The molecule has 4 nitrogen and oxygen atoms in total. The monoisotopic (exact) mass is 520 g/mol. The Labute approximate surface area is 229 Å². The minimum atomic E-state index is -1.24. The highest BCUT2D eigenvalue weighted by molar-refractivity contribution is 6.02. The second-order valence-electron chi connectivity index (χ2n) is 11.3. The molecule has 1 rings (SSSR count). The van der Waals surface area contributed by atoms with E-state index in [1.54, 1.807) is 6.08 Å². The standard InChI is InChI=1S/C33H60O4/c1-3-5-7-9-11-13-15-17-21-25-29-36-31(34)33(27-23-19-20-24-28-33)32(35)37-30-26-22-18-16-14-12-10-8-6-4-2/h23,27H,3-22,24-26,28-30H2,1-2H3. The van der Waals surface area contributed by atoms with Gasteiger partial charge in [0.15, 0.2) is 5.41 Å². The SMILES string of the molecule is CCCCCCCCCCCCOC(=O)C1(C(=O)OCCCCCCCCCCCC)C=CCCCC1. The molecule has 0 heterocycles. The van der Waals surface area contributed by atoms with Crippen LogP contribution in [-0.4, -0.2) is 25.2 Å². The zero-order valence-corrected chi connectivity index (χ0v) is 24.7. The van der Waals surface area contributed by atoms with E-state index in [1.807, 2.05) is 6.08 Å². The van der Waals surface area contributed by atoms with Crippen molar-refractivity contribution in [1.29, 1.82) is 0 Å². The molecule has 0 saturated carbocycles. The van der Waals surface area contributed by atoms with Crippen LogP contribution in [0.5, 0.6) is 0 Å². The van der Waals surface area contributed by atoms with Crippen LogP contribution in [0, 0.1) is 5.41 Å². The number of carbonyl (C=O) groups excluding carboxylic acids is 2. The van der Waals surface area contributed by atoms with Crippen LogP contribution in [0.3, 0.4) is 0 Å². The third kappa shape index (κ3) is 16.3. The summed E-state index contributed by atoms with van der Waals surface area (Å²) in [6.07, 6.45) is 31.8. The van der Waals surface area contributed by atoms with E-state index >= 15 is 0 Å². The van der Waals surface area contributed by atoms with Crippen LogP contribution in [-0.2, 0) is 19.1 Å². The highest BCUT2D eigenvalue weighted by Crippen LogP contribution is 2.34. The van der Waals surface area contributed by atoms with Crippen molar-refractivity contribution in [2.45, 2.75) is 168 Å². The summed E-state index contributed by atoms with van der Waals surface area (Å²) in [5.41, 5.74) is -1.24. The zero-order chi connectivity index (χ0) is 26.9. The third-order valence-corrected chi connectivity index (χ3v) is 7.78. The number of unbranched alkanes of at least 4 members (excludes halogenated alkanes) is 18. The van der Waals surface area contributed by atoms with Gasteiger partial charge in [-0.15, -0.1) is 0 Å². The van der Waals surface area contributed by atoms with Gasteiger partial charge in [-0.25, -0.2) is 0 Å². The molecule has 0 bridgehead atoms. The molecule has 1 aliphatic carbocycles.